The molecule has 25 heavy (non-hydrogen) atoms. The minimum atomic E-state index is -3.67. The summed E-state index contributed by atoms with van der Waals surface area (Å²) in [6, 6.07) is 12.8. The molecule has 2 aromatic rings. The van der Waals surface area contributed by atoms with Crippen molar-refractivity contribution < 1.29 is 17.9 Å². The van der Waals surface area contributed by atoms with Crippen molar-refractivity contribution >= 4 is 21.6 Å². The molecule has 0 unspecified atom stereocenters. The van der Waals surface area contributed by atoms with E-state index >= 15 is 0 Å². The number of nitrogens with one attached hydrogen (secondary N) is 2. The maximum atomic E-state index is 12.4. The highest BCUT2D eigenvalue weighted by Crippen LogP contribution is 2.19. The van der Waals surface area contributed by atoms with Crippen molar-refractivity contribution in [2.24, 2.45) is 0 Å². The number of methoxy groups -OCH3 is 1. The van der Waals surface area contributed by atoms with E-state index in [4.69, 9.17) is 4.74 Å². The Balaban J connectivity index is 2.23. The number of amides is 1. The molecule has 0 aromatic heterocycles. The third-order valence-corrected chi connectivity index (χ3v) is 4.93. The van der Waals surface area contributed by atoms with Crippen molar-refractivity contribution in [1.29, 1.82) is 0 Å². The summed E-state index contributed by atoms with van der Waals surface area (Å²) in [5, 5.41) is 2.70. The molecule has 0 aliphatic rings. The second-order valence-corrected chi connectivity index (χ2v) is 8.25. The average Bonchev–Trinajstić information content (AvgIpc) is 2.53. The van der Waals surface area contributed by atoms with E-state index < -0.39 is 15.6 Å². The van der Waals surface area contributed by atoms with Gasteiger partial charge in [0, 0.05) is 16.8 Å². The van der Waals surface area contributed by atoms with Gasteiger partial charge in [0.15, 0.2) is 0 Å². The van der Waals surface area contributed by atoms with Crippen LogP contribution in [0.25, 0.3) is 0 Å². The van der Waals surface area contributed by atoms with Gasteiger partial charge in [0.2, 0.25) is 10.0 Å². The summed E-state index contributed by atoms with van der Waals surface area (Å²) in [5.41, 5.74) is 0.212. The van der Waals surface area contributed by atoms with Crippen molar-refractivity contribution in [3.05, 3.63) is 54.1 Å². The minimum absolute atomic E-state index is 0.0888. The second kappa shape index (κ2) is 7.25. The van der Waals surface area contributed by atoms with Gasteiger partial charge in [-0.1, -0.05) is 12.1 Å². The molecule has 2 aromatic carbocycles. The van der Waals surface area contributed by atoms with E-state index in [0.717, 1.165) is 0 Å². The molecule has 134 valence electrons. The highest BCUT2D eigenvalue weighted by molar-refractivity contribution is 7.89. The van der Waals surface area contributed by atoms with Gasteiger partial charge < -0.3 is 10.1 Å². The fourth-order valence-electron chi connectivity index (χ4n) is 2.17. The van der Waals surface area contributed by atoms with Gasteiger partial charge in [-0.25, -0.2) is 13.1 Å². The Morgan fingerprint density at radius 3 is 2.36 bits per heavy atom. The van der Waals surface area contributed by atoms with E-state index in [2.05, 4.69) is 10.0 Å². The van der Waals surface area contributed by atoms with Crippen molar-refractivity contribution in [1.82, 2.24) is 4.72 Å². The zero-order valence-electron chi connectivity index (χ0n) is 14.7. The van der Waals surface area contributed by atoms with Gasteiger partial charge in [-0.3, -0.25) is 4.79 Å². The van der Waals surface area contributed by atoms with E-state index in [9.17, 15) is 13.2 Å². The van der Waals surface area contributed by atoms with Gasteiger partial charge in [-0.05, 0) is 57.2 Å². The molecule has 0 saturated carbocycles. The quantitative estimate of drug-likeness (QED) is 0.856. The summed E-state index contributed by atoms with van der Waals surface area (Å²) < 4.78 is 32.5. The second-order valence-electron chi connectivity index (χ2n) is 6.57. The molecule has 0 bridgehead atoms. The van der Waals surface area contributed by atoms with Gasteiger partial charge in [0.1, 0.15) is 5.75 Å². The maximum absolute atomic E-state index is 12.4. The first-order valence-corrected chi connectivity index (χ1v) is 9.18. The van der Waals surface area contributed by atoms with Crippen LogP contribution in [0.15, 0.2) is 53.4 Å². The number of hydrogen-bond acceptors (Lipinski definition) is 4. The Bertz CT molecular complexity index is 871. The fraction of sp³-hybridized carbons (Fsp3) is 0.278. The van der Waals surface area contributed by atoms with E-state index in [0.29, 0.717) is 17.0 Å². The Morgan fingerprint density at radius 2 is 1.72 bits per heavy atom. The van der Waals surface area contributed by atoms with Crippen LogP contribution >= 0.6 is 0 Å². The SMILES string of the molecule is COc1cccc(C(=O)Nc2cccc(S(=O)(=O)NC(C)(C)C)c2)c1. The van der Waals surface area contributed by atoms with Crippen LogP contribution in [0, 0.1) is 0 Å². The topological polar surface area (TPSA) is 84.5 Å². The van der Waals surface area contributed by atoms with Crippen LogP contribution in [0.1, 0.15) is 31.1 Å². The number of anilines is 1. The summed E-state index contributed by atoms with van der Waals surface area (Å²) in [6.45, 7) is 5.29. The molecule has 7 heteroatoms. The third-order valence-electron chi connectivity index (χ3n) is 3.17. The number of carbonyl (C=O) groups excluding carboxylic acids is 1. The molecule has 2 N–H and O–H groups in total. The highest BCUT2D eigenvalue weighted by Gasteiger charge is 2.22. The van der Waals surface area contributed by atoms with E-state index in [1.807, 2.05) is 0 Å². The van der Waals surface area contributed by atoms with Crippen molar-refractivity contribution in [2.75, 3.05) is 12.4 Å². The Labute approximate surface area is 148 Å². The number of sulfonamides is 1. The monoisotopic (exact) mass is 362 g/mol. The summed E-state index contributed by atoms with van der Waals surface area (Å²) in [7, 11) is -2.15. The predicted octanol–water partition coefficient (Wildman–Crippen LogP) is 3.02. The lowest BCUT2D eigenvalue weighted by molar-refractivity contribution is 0.102. The first kappa shape index (κ1) is 19.0. The molecule has 0 fully saturated rings. The molecular weight excluding hydrogens is 340 g/mol. The number of rotatable bonds is 5. The smallest absolute Gasteiger partial charge is 0.255 e. The minimum Gasteiger partial charge on any atom is -0.497 e. The largest absolute Gasteiger partial charge is 0.497 e. The lowest BCUT2D eigenvalue weighted by Gasteiger charge is -2.20. The molecule has 1 amide bonds. The van der Waals surface area contributed by atoms with Gasteiger partial charge >= 0.3 is 0 Å². The van der Waals surface area contributed by atoms with Crippen LogP contribution in [0.3, 0.4) is 0 Å². The van der Waals surface area contributed by atoms with E-state index in [1.165, 1.54) is 19.2 Å². The van der Waals surface area contributed by atoms with Crippen LogP contribution in [-0.2, 0) is 10.0 Å². The highest BCUT2D eigenvalue weighted by atomic mass is 32.2. The average molecular weight is 362 g/mol. The van der Waals surface area contributed by atoms with Crippen molar-refractivity contribution in [3.63, 3.8) is 0 Å². The van der Waals surface area contributed by atoms with Crippen LogP contribution in [-0.4, -0.2) is 27.0 Å². The zero-order chi connectivity index (χ0) is 18.7. The molecule has 0 heterocycles. The van der Waals surface area contributed by atoms with Crippen molar-refractivity contribution in [3.8, 4) is 5.75 Å². The van der Waals surface area contributed by atoms with E-state index in [-0.39, 0.29) is 10.8 Å². The number of carbonyl (C=O) groups is 1. The lowest BCUT2D eigenvalue weighted by Crippen LogP contribution is -2.40. The van der Waals surface area contributed by atoms with Crippen LogP contribution < -0.4 is 14.8 Å². The Morgan fingerprint density at radius 1 is 1.04 bits per heavy atom. The summed E-state index contributed by atoms with van der Waals surface area (Å²) in [4.78, 5) is 12.4. The summed E-state index contributed by atoms with van der Waals surface area (Å²) >= 11 is 0. The van der Waals surface area contributed by atoms with Gasteiger partial charge in [-0.15, -0.1) is 0 Å². The normalized spacial score (nSPS) is 11.8. The Hall–Kier alpha value is -2.38. The maximum Gasteiger partial charge on any atom is 0.255 e. The number of benzene rings is 2. The Kier molecular flexibility index (Phi) is 5.49. The molecular formula is C18H22N2O4S. The van der Waals surface area contributed by atoms with E-state index in [1.54, 1.807) is 57.2 Å². The molecule has 2 rings (SSSR count). The predicted molar refractivity (Wildman–Crippen MR) is 97.5 cm³/mol. The molecule has 0 aliphatic heterocycles. The number of ether oxygens (including phenoxy) is 1. The lowest BCUT2D eigenvalue weighted by atomic mass is 10.1. The first-order chi connectivity index (χ1) is 11.6. The van der Waals surface area contributed by atoms with Gasteiger partial charge in [-0.2, -0.15) is 0 Å². The molecule has 0 saturated heterocycles. The van der Waals surface area contributed by atoms with Gasteiger partial charge in [0.25, 0.3) is 5.91 Å². The molecule has 6 nitrogen and oxygen atoms in total. The van der Waals surface area contributed by atoms with Crippen LogP contribution in [0.4, 0.5) is 5.69 Å². The summed E-state index contributed by atoms with van der Waals surface area (Å²) in [6.07, 6.45) is 0. The van der Waals surface area contributed by atoms with Gasteiger partial charge in [0.05, 0.1) is 12.0 Å². The molecule has 0 spiro atoms. The molecule has 0 atom stereocenters. The summed E-state index contributed by atoms with van der Waals surface area (Å²) in [5.74, 6) is 0.218. The molecule has 0 radical (unpaired) electrons. The number of hydrogen-bond donors (Lipinski definition) is 2. The van der Waals surface area contributed by atoms with Crippen molar-refractivity contribution in [2.45, 2.75) is 31.2 Å². The third kappa shape index (κ3) is 5.30. The van der Waals surface area contributed by atoms with Crippen LogP contribution in [0.2, 0.25) is 0 Å². The first-order valence-electron chi connectivity index (χ1n) is 7.70. The van der Waals surface area contributed by atoms with Crippen LogP contribution in [0.5, 0.6) is 5.75 Å². The standard InChI is InChI=1S/C18H22N2O4S/c1-18(2,3)20-25(22,23)16-10-6-8-14(12-16)19-17(21)13-7-5-9-15(11-13)24-4/h5-12,20H,1-4H3,(H,19,21). The zero-order valence-corrected chi connectivity index (χ0v) is 15.5. The molecule has 0 aliphatic carbocycles. The fourth-order valence-corrected chi connectivity index (χ4v) is 3.63.